The van der Waals surface area contributed by atoms with Crippen LogP contribution in [0.2, 0.25) is 0 Å². The van der Waals surface area contributed by atoms with E-state index in [2.05, 4.69) is 24.1 Å². The lowest BCUT2D eigenvalue weighted by molar-refractivity contribution is -0.144. The molecule has 0 radical (unpaired) electrons. The van der Waals surface area contributed by atoms with Crippen LogP contribution < -0.4 is 5.32 Å². The van der Waals surface area contributed by atoms with Gasteiger partial charge in [0.1, 0.15) is 6.04 Å². The first-order valence-corrected chi connectivity index (χ1v) is 9.11. The molecule has 2 atom stereocenters. The summed E-state index contributed by atoms with van der Waals surface area (Å²) in [7, 11) is 0. The van der Waals surface area contributed by atoms with Crippen molar-refractivity contribution < 1.29 is 9.59 Å². The Hall–Kier alpha value is -0.850. The molecule has 0 aliphatic carbocycles. The lowest BCUT2D eigenvalue weighted by Crippen LogP contribution is -2.53. The standard InChI is InChI=1S/C17H30N4O2.ClH/c1-13(2)16(21-8-3-4-15(21)22)17(23)20-9-5-14(12-20)19-10-6-18-7-11-19;/h13-14,16,18H,3-12H2,1-2H3;1H. The molecule has 0 aromatic heterocycles. The molecule has 3 heterocycles. The van der Waals surface area contributed by atoms with Gasteiger partial charge in [-0.1, -0.05) is 13.8 Å². The van der Waals surface area contributed by atoms with Crippen LogP contribution in [-0.4, -0.2) is 84.4 Å². The van der Waals surface area contributed by atoms with Gasteiger partial charge in [0.15, 0.2) is 0 Å². The van der Waals surface area contributed by atoms with Crippen molar-refractivity contribution in [3.05, 3.63) is 0 Å². The van der Waals surface area contributed by atoms with Gasteiger partial charge in [-0.15, -0.1) is 12.4 Å². The Balaban J connectivity index is 0.00000208. The molecule has 3 fully saturated rings. The fraction of sp³-hybridized carbons (Fsp3) is 0.882. The molecule has 0 saturated carbocycles. The molecule has 0 aromatic rings. The van der Waals surface area contributed by atoms with E-state index in [-0.39, 0.29) is 36.2 Å². The summed E-state index contributed by atoms with van der Waals surface area (Å²) in [5, 5.41) is 3.38. The number of amides is 2. The van der Waals surface area contributed by atoms with Gasteiger partial charge in [-0.2, -0.15) is 0 Å². The number of carbonyl (C=O) groups excluding carboxylic acids is 2. The Morgan fingerprint density at radius 3 is 2.46 bits per heavy atom. The zero-order chi connectivity index (χ0) is 16.4. The number of piperazine rings is 1. The first kappa shape index (κ1) is 19.5. The van der Waals surface area contributed by atoms with Crippen molar-refractivity contribution >= 4 is 24.2 Å². The third-order valence-corrected chi connectivity index (χ3v) is 5.47. The van der Waals surface area contributed by atoms with E-state index in [1.165, 1.54) is 0 Å². The first-order valence-electron chi connectivity index (χ1n) is 9.11. The summed E-state index contributed by atoms with van der Waals surface area (Å²) in [6.07, 6.45) is 2.54. The van der Waals surface area contributed by atoms with E-state index in [4.69, 9.17) is 0 Å². The minimum absolute atomic E-state index is 0. The lowest BCUT2D eigenvalue weighted by atomic mass is 10.0. The summed E-state index contributed by atoms with van der Waals surface area (Å²) in [5.74, 6) is 0.477. The van der Waals surface area contributed by atoms with Crippen molar-refractivity contribution in [3.63, 3.8) is 0 Å². The second kappa shape index (κ2) is 8.50. The fourth-order valence-corrected chi connectivity index (χ4v) is 4.22. The number of nitrogens with one attached hydrogen (secondary N) is 1. The van der Waals surface area contributed by atoms with Gasteiger partial charge in [0, 0.05) is 58.3 Å². The maximum absolute atomic E-state index is 13.0. The van der Waals surface area contributed by atoms with Gasteiger partial charge in [0.05, 0.1) is 0 Å². The predicted octanol–water partition coefficient (Wildman–Crippen LogP) is 0.561. The maximum atomic E-state index is 13.0. The topological polar surface area (TPSA) is 55.9 Å². The summed E-state index contributed by atoms with van der Waals surface area (Å²) in [6, 6.07) is 0.218. The van der Waals surface area contributed by atoms with E-state index >= 15 is 0 Å². The third-order valence-electron chi connectivity index (χ3n) is 5.47. The van der Waals surface area contributed by atoms with Crippen LogP contribution in [-0.2, 0) is 9.59 Å². The number of hydrogen-bond donors (Lipinski definition) is 1. The van der Waals surface area contributed by atoms with Gasteiger partial charge in [0.2, 0.25) is 11.8 Å². The Morgan fingerprint density at radius 1 is 1.17 bits per heavy atom. The highest BCUT2D eigenvalue weighted by atomic mass is 35.5. The quantitative estimate of drug-likeness (QED) is 0.798. The van der Waals surface area contributed by atoms with Gasteiger partial charge in [-0.25, -0.2) is 0 Å². The highest BCUT2D eigenvalue weighted by Gasteiger charge is 2.40. The number of hydrogen-bond acceptors (Lipinski definition) is 4. The van der Waals surface area contributed by atoms with E-state index in [1.807, 2.05) is 9.80 Å². The van der Waals surface area contributed by atoms with E-state index in [9.17, 15) is 9.59 Å². The zero-order valence-corrected chi connectivity index (χ0v) is 15.7. The van der Waals surface area contributed by atoms with Gasteiger partial charge >= 0.3 is 0 Å². The highest BCUT2D eigenvalue weighted by molar-refractivity contribution is 5.89. The average Bonchev–Trinajstić information content (AvgIpc) is 3.18. The molecule has 2 amide bonds. The predicted molar refractivity (Wildman–Crippen MR) is 96.2 cm³/mol. The summed E-state index contributed by atoms with van der Waals surface area (Å²) >= 11 is 0. The Labute approximate surface area is 151 Å². The van der Waals surface area contributed by atoms with Gasteiger partial charge < -0.3 is 15.1 Å². The van der Waals surface area contributed by atoms with Crippen LogP contribution in [0.1, 0.15) is 33.1 Å². The van der Waals surface area contributed by atoms with E-state index in [1.54, 1.807) is 0 Å². The minimum Gasteiger partial charge on any atom is -0.339 e. The molecule has 3 rings (SSSR count). The van der Waals surface area contributed by atoms with Crippen LogP contribution in [0.4, 0.5) is 0 Å². The third kappa shape index (κ3) is 4.03. The number of rotatable bonds is 4. The monoisotopic (exact) mass is 358 g/mol. The van der Waals surface area contributed by atoms with Gasteiger partial charge in [0.25, 0.3) is 0 Å². The van der Waals surface area contributed by atoms with Crippen molar-refractivity contribution in [2.45, 2.75) is 45.2 Å². The molecule has 24 heavy (non-hydrogen) atoms. The Bertz CT molecular complexity index is 454. The molecule has 0 spiro atoms. The number of nitrogens with zero attached hydrogens (tertiary/aromatic N) is 3. The molecule has 7 heteroatoms. The zero-order valence-electron chi connectivity index (χ0n) is 14.9. The van der Waals surface area contributed by atoms with Crippen molar-refractivity contribution in [1.82, 2.24) is 20.0 Å². The van der Waals surface area contributed by atoms with Crippen molar-refractivity contribution in [2.24, 2.45) is 5.92 Å². The van der Waals surface area contributed by atoms with Crippen LogP contribution in [0.5, 0.6) is 0 Å². The first-order chi connectivity index (χ1) is 11.1. The van der Waals surface area contributed by atoms with E-state index in [0.29, 0.717) is 12.5 Å². The lowest BCUT2D eigenvalue weighted by Gasteiger charge is -2.35. The van der Waals surface area contributed by atoms with E-state index < -0.39 is 0 Å². The van der Waals surface area contributed by atoms with Gasteiger partial charge in [-0.05, 0) is 18.8 Å². The van der Waals surface area contributed by atoms with Crippen LogP contribution in [0.15, 0.2) is 0 Å². The number of likely N-dealkylation sites (tertiary alicyclic amines) is 2. The molecule has 3 aliphatic heterocycles. The largest absolute Gasteiger partial charge is 0.339 e. The average molecular weight is 359 g/mol. The highest BCUT2D eigenvalue weighted by Crippen LogP contribution is 2.24. The second-order valence-corrected chi connectivity index (χ2v) is 7.39. The normalized spacial score (nSPS) is 26.8. The number of carbonyl (C=O) groups is 2. The molecular formula is C17H31ClN4O2. The molecule has 0 bridgehead atoms. The smallest absolute Gasteiger partial charge is 0.245 e. The van der Waals surface area contributed by atoms with E-state index in [0.717, 1.165) is 58.7 Å². The SMILES string of the molecule is CC(C)C(C(=O)N1CCC(N2CCNCC2)C1)N1CCCC1=O.Cl. The maximum Gasteiger partial charge on any atom is 0.245 e. The molecule has 2 unspecified atom stereocenters. The van der Waals surface area contributed by atoms with Crippen molar-refractivity contribution in [1.29, 1.82) is 0 Å². The van der Waals surface area contributed by atoms with Crippen molar-refractivity contribution in [3.8, 4) is 0 Å². The molecule has 138 valence electrons. The second-order valence-electron chi connectivity index (χ2n) is 7.39. The summed E-state index contributed by atoms with van der Waals surface area (Å²) in [5.41, 5.74) is 0. The molecule has 6 nitrogen and oxygen atoms in total. The summed E-state index contributed by atoms with van der Waals surface area (Å²) in [6.45, 7) is 10.7. The number of halogens is 1. The summed E-state index contributed by atoms with van der Waals surface area (Å²) < 4.78 is 0. The van der Waals surface area contributed by atoms with Crippen LogP contribution in [0, 0.1) is 5.92 Å². The van der Waals surface area contributed by atoms with Crippen LogP contribution in [0.3, 0.4) is 0 Å². The minimum atomic E-state index is -0.272. The van der Waals surface area contributed by atoms with Crippen LogP contribution in [0.25, 0.3) is 0 Å². The molecule has 0 aromatic carbocycles. The Kier molecular flexibility index (Phi) is 6.89. The van der Waals surface area contributed by atoms with Crippen molar-refractivity contribution in [2.75, 3.05) is 45.8 Å². The molecule has 3 saturated heterocycles. The molecular weight excluding hydrogens is 328 g/mol. The fourth-order valence-electron chi connectivity index (χ4n) is 4.22. The molecule has 3 aliphatic rings. The van der Waals surface area contributed by atoms with Gasteiger partial charge in [-0.3, -0.25) is 14.5 Å². The summed E-state index contributed by atoms with van der Waals surface area (Å²) in [4.78, 5) is 31.5. The molecule has 1 N–H and O–H groups in total. The van der Waals surface area contributed by atoms with Crippen LogP contribution >= 0.6 is 12.4 Å². The Morgan fingerprint density at radius 2 is 1.88 bits per heavy atom.